The zero-order chi connectivity index (χ0) is 22.1. The van der Waals surface area contributed by atoms with Crippen LogP contribution in [0.25, 0.3) is 0 Å². The number of hydrogen-bond donors (Lipinski definition) is 1. The first kappa shape index (κ1) is 26.7. The van der Waals surface area contributed by atoms with Crippen molar-refractivity contribution in [2.75, 3.05) is 66.0 Å². The van der Waals surface area contributed by atoms with Gasteiger partial charge in [0.25, 0.3) is 0 Å². The number of amides is 1. The molecule has 0 saturated carbocycles. The van der Waals surface area contributed by atoms with Gasteiger partial charge in [0.1, 0.15) is 5.75 Å². The Hall–Kier alpha value is -1.55. The van der Waals surface area contributed by atoms with Gasteiger partial charge in [0.05, 0.1) is 13.7 Å². The molecule has 0 bridgehead atoms. The highest BCUT2D eigenvalue weighted by Gasteiger charge is 2.24. The summed E-state index contributed by atoms with van der Waals surface area (Å²) in [7, 11) is 1.70. The molecule has 2 saturated heterocycles. The van der Waals surface area contributed by atoms with Crippen molar-refractivity contribution in [3.63, 3.8) is 0 Å². The number of likely N-dealkylation sites (tertiary alicyclic amines) is 1. The molecule has 0 spiro atoms. The van der Waals surface area contributed by atoms with Crippen LogP contribution in [0.3, 0.4) is 0 Å². The van der Waals surface area contributed by atoms with Crippen LogP contribution in [0, 0.1) is 0 Å². The van der Waals surface area contributed by atoms with Crippen LogP contribution in [0.1, 0.15) is 44.6 Å². The van der Waals surface area contributed by atoms with E-state index >= 15 is 0 Å². The highest BCUT2D eigenvalue weighted by atomic mass is 127. The van der Waals surface area contributed by atoms with Crippen LogP contribution < -0.4 is 10.1 Å². The van der Waals surface area contributed by atoms with Gasteiger partial charge in [0.2, 0.25) is 5.91 Å². The number of nitrogens with one attached hydrogen (secondary N) is 1. The monoisotopic (exact) mass is 557 g/mol. The minimum atomic E-state index is 0. The summed E-state index contributed by atoms with van der Waals surface area (Å²) in [6.45, 7) is 12.1. The Labute approximate surface area is 210 Å². The third kappa shape index (κ3) is 7.79. The lowest BCUT2D eigenvalue weighted by molar-refractivity contribution is -0.131. The van der Waals surface area contributed by atoms with E-state index in [0.717, 1.165) is 83.3 Å². The molecule has 0 aromatic heterocycles. The summed E-state index contributed by atoms with van der Waals surface area (Å²) in [4.78, 5) is 23.9. The molecule has 0 aliphatic carbocycles. The van der Waals surface area contributed by atoms with E-state index in [2.05, 4.69) is 41.1 Å². The first-order chi connectivity index (χ1) is 15.1. The Morgan fingerprint density at radius 1 is 1.06 bits per heavy atom. The molecule has 2 fully saturated rings. The number of piperazine rings is 1. The first-order valence-electron chi connectivity index (χ1n) is 11.8. The molecule has 1 unspecified atom stereocenters. The van der Waals surface area contributed by atoms with E-state index in [9.17, 15) is 4.79 Å². The van der Waals surface area contributed by atoms with Gasteiger partial charge in [-0.25, -0.2) is 0 Å². The Kier molecular flexibility index (Phi) is 11.6. The topological polar surface area (TPSA) is 60.4 Å². The lowest BCUT2D eigenvalue weighted by Crippen LogP contribution is -2.54. The maximum absolute atomic E-state index is 12.4. The van der Waals surface area contributed by atoms with Gasteiger partial charge in [-0.05, 0) is 49.8 Å². The molecule has 1 amide bonds. The fraction of sp³-hybridized carbons (Fsp3) is 0.667. The molecular weight excluding hydrogens is 517 g/mol. The fourth-order valence-electron chi connectivity index (χ4n) is 4.26. The van der Waals surface area contributed by atoms with E-state index in [1.807, 2.05) is 17.0 Å². The van der Waals surface area contributed by atoms with E-state index in [4.69, 9.17) is 9.73 Å². The quantitative estimate of drug-likeness (QED) is 0.303. The minimum absolute atomic E-state index is 0. The predicted octanol–water partition coefficient (Wildman–Crippen LogP) is 3.01. The zero-order valence-electron chi connectivity index (χ0n) is 19.9. The molecule has 1 atom stereocenters. The van der Waals surface area contributed by atoms with Gasteiger partial charge in [0.15, 0.2) is 5.96 Å². The number of ether oxygens (including phenoxy) is 1. The molecule has 7 nitrogen and oxygen atoms in total. The molecule has 2 aliphatic heterocycles. The second kappa shape index (κ2) is 13.9. The van der Waals surface area contributed by atoms with Crippen LogP contribution in [-0.4, -0.2) is 92.6 Å². The van der Waals surface area contributed by atoms with Crippen LogP contribution in [0.2, 0.25) is 0 Å². The Morgan fingerprint density at radius 2 is 1.72 bits per heavy atom. The molecule has 1 aromatic carbocycles. The molecular formula is C24H40IN5O2. The summed E-state index contributed by atoms with van der Waals surface area (Å²) >= 11 is 0. The summed E-state index contributed by atoms with van der Waals surface area (Å²) in [6, 6.07) is 8.32. The van der Waals surface area contributed by atoms with E-state index in [1.54, 1.807) is 7.11 Å². The fourth-order valence-corrected chi connectivity index (χ4v) is 4.26. The van der Waals surface area contributed by atoms with Crippen LogP contribution in [-0.2, 0) is 4.79 Å². The van der Waals surface area contributed by atoms with Crippen LogP contribution in [0.15, 0.2) is 29.3 Å². The van der Waals surface area contributed by atoms with Gasteiger partial charge >= 0.3 is 0 Å². The van der Waals surface area contributed by atoms with Crippen molar-refractivity contribution >= 4 is 35.8 Å². The zero-order valence-corrected chi connectivity index (χ0v) is 22.2. The summed E-state index contributed by atoms with van der Waals surface area (Å²) in [6.07, 6.45) is 3.31. The lowest BCUT2D eigenvalue weighted by atomic mass is 9.98. The SMILES string of the molecule is CCNC(=NCCC(C)c1ccc(OC)cc1)N1CCN(CC(=O)N2CCCC2)CC1.I. The number of carbonyl (C=O) groups excluding carboxylic acids is 1. The van der Waals surface area contributed by atoms with E-state index < -0.39 is 0 Å². The average Bonchev–Trinajstić information content (AvgIpc) is 3.34. The smallest absolute Gasteiger partial charge is 0.236 e. The highest BCUT2D eigenvalue weighted by molar-refractivity contribution is 14.0. The second-order valence-corrected chi connectivity index (χ2v) is 8.55. The molecule has 180 valence electrons. The largest absolute Gasteiger partial charge is 0.497 e. The summed E-state index contributed by atoms with van der Waals surface area (Å²) in [5, 5.41) is 3.45. The molecule has 1 N–H and O–H groups in total. The molecule has 3 rings (SSSR count). The summed E-state index contributed by atoms with van der Waals surface area (Å²) < 4.78 is 5.25. The maximum atomic E-state index is 12.4. The van der Waals surface area contributed by atoms with Crippen LogP contribution >= 0.6 is 24.0 Å². The average molecular weight is 558 g/mol. The van der Waals surface area contributed by atoms with E-state index in [0.29, 0.717) is 18.4 Å². The van der Waals surface area contributed by atoms with Gasteiger partial charge in [-0.3, -0.25) is 14.7 Å². The highest BCUT2D eigenvalue weighted by Crippen LogP contribution is 2.21. The van der Waals surface area contributed by atoms with Gasteiger partial charge in [-0.2, -0.15) is 0 Å². The standard InChI is InChI=1S/C24H39N5O2.HI/c1-4-25-24(26-12-11-20(2)21-7-9-22(31-3)10-8-21)29-17-15-27(16-18-29)19-23(30)28-13-5-6-14-28;/h7-10,20H,4-6,11-19H2,1-3H3,(H,25,26);1H. The lowest BCUT2D eigenvalue weighted by Gasteiger charge is -2.36. The first-order valence-corrected chi connectivity index (χ1v) is 11.8. The number of hydrogen-bond acceptors (Lipinski definition) is 4. The Morgan fingerprint density at radius 3 is 2.31 bits per heavy atom. The molecule has 8 heteroatoms. The number of aliphatic imine (C=N–C) groups is 1. The normalized spacial score (nSPS) is 18.3. The van der Waals surface area contributed by atoms with Crippen LogP contribution in [0.4, 0.5) is 0 Å². The van der Waals surface area contributed by atoms with Crippen LogP contribution in [0.5, 0.6) is 5.75 Å². The summed E-state index contributed by atoms with van der Waals surface area (Å²) in [5.74, 6) is 2.63. The van der Waals surface area contributed by atoms with E-state index in [1.165, 1.54) is 5.56 Å². The number of halogens is 1. The number of carbonyl (C=O) groups is 1. The van der Waals surface area contributed by atoms with Crippen molar-refractivity contribution in [3.05, 3.63) is 29.8 Å². The molecule has 1 aromatic rings. The third-order valence-corrected chi connectivity index (χ3v) is 6.33. The Bertz CT molecular complexity index is 714. The second-order valence-electron chi connectivity index (χ2n) is 8.55. The van der Waals surface area contributed by atoms with Gasteiger partial charge in [-0.15, -0.1) is 24.0 Å². The molecule has 2 heterocycles. The maximum Gasteiger partial charge on any atom is 0.236 e. The Balaban J connectivity index is 0.00000363. The number of rotatable bonds is 8. The number of nitrogens with zero attached hydrogens (tertiary/aromatic N) is 4. The minimum Gasteiger partial charge on any atom is -0.497 e. The molecule has 2 aliphatic rings. The number of methoxy groups -OCH3 is 1. The number of guanidine groups is 1. The molecule has 32 heavy (non-hydrogen) atoms. The van der Waals surface area contributed by atoms with Gasteiger partial charge < -0.3 is 19.9 Å². The predicted molar refractivity (Wildman–Crippen MR) is 141 cm³/mol. The van der Waals surface area contributed by atoms with E-state index in [-0.39, 0.29) is 24.0 Å². The van der Waals surface area contributed by atoms with Crippen molar-refractivity contribution < 1.29 is 9.53 Å². The van der Waals surface area contributed by atoms with Crippen molar-refractivity contribution in [3.8, 4) is 5.75 Å². The summed E-state index contributed by atoms with van der Waals surface area (Å²) in [5.41, 5.74) is 1.32. The van der Waals surface area contributed by atoms with Crippen molar-refractivity contribution in [2.24, 2.45) is 4.99 Å². The van der Waals surface area contributed by atoms with Crippen molar-refractivity contribution in [1.29, 1.82) is 0 Å². The van der Waals surface area contributed by atoms with Gasteiger partial charge in [-0.1, -0.05) is 19.1 Å². The third-order valence-electron chi connectivity index (χ3n) is 6.33. The van der Waals surface area contributed by atoms with Gasteiger partial charge in [0, 0.05) is 52.4 Å². The number of benzene rings is 1. The van der Waals surface area contributed by atoms with Crippen molar-refractivity contribution in [2.45, 2.75) is 39.0 Å². The molecule has 0 radical (unpaired) electrons. The van der Waals surface area contributed by atoms with Crippen molar-refractivity contribution in [1.82, 2.24) is 20.0 Å².